The van der Waals surface area contributed by atoms with E-state index in [9.17, 15) is 41.9 Å². The minimum atomic E-state index is -4.55. The maximum absolute atomic E-state index is 14.1. The second kappa shape index (κ2) is 19.0. The van der Waals surface area contributed by atoms with Gasteiger partial charge in [-0.25, -0.2) is 9.59 Å². The molecule has 3 aromatic rings. The Morgan fingerprint density at radius 2 is 1.00 bits per heavy atom. The number of carbonyl (C=O) groups is 6. The molecule has 0 radical (unpaired) electrons. The van der Waals surface area contributed by atoms with E-state index in [1.54, 1.807) is 52.0 Å². The molecule has 3 aromatic carbocycles. The van der Waals surface area contributed by atoms with Crippen LogP contribution >= 0.6 is 0 Å². The first-order chi connectivity index (χ1) is 30.7. The van der Waals surface area contributed by atoms with Gasteiger partial charge in [-0.05, 0) is 96.9 Å². The van der Waals surface area contributed by atoms with Crippen LogP contribution in [0.4, 0.5) is 28.4 Å². The fraction of sp³-hybridized carbons (Fsp3) is 0.489. The number of likely N-dealkylation sites (tertiary alicyclic amines) is 2. The zero-order valence-electron chi connectivity index (χ0n) is 37.4. The number of nitrogens with zero attached hydrogens (tertiary/aromatic N) is 3. The highest BCUT2D eigenvalue weighted by Crippen LogP contribution is 2.49. The Morgan fingerprint density at radius 1 is 0.631 bits per heavy atom. The number of methoxy groups -OCH3 is 2. The minimum absolute atomic E-state index is 0.223. The van der Waals surface area contributed by atoms with E-state index >= 15 is 0 Å². The van der Waals surface area contributed by atoms with Crippen LogP contribution in [0.2, 0.25) is 0 Å². The lowest BCUT2D eigenvalue weighted by Gasteiger charge is -2.39. The molecule has 3 aliphatic heterocycles. The topological polar surface area (TPSA) is 207 Å². The predicted molar refractivity (Wildman–Crippen MR) is 233 cm³/mol. The summed E-state index contributed by atoms with van der Waals surface area (Å²) in [7, 11) is 2.38. The van der Waals surface area contributed by atoms with Gasteiger partial charge in [0, 0.05) is 18.8 Å². The molecule has 3 aliphatic rings. The third-order valence-electron chi connectivity index (χ3n) is 13.3. The molecule has 15 nitrogen and oxygen atoms in total. The van der Waals surface area contributed by atoms with Crippen LogP contribution in [0, 0.1) is 11.8 Å². The fourth-order valence-corrected chi connectivity index (χ4v) is 9.98. The van der Waals surface area contributed by atoms with E-state index in [0.29, 0.717) is 42.5 Å². The molecule has 18 heteroatoms. The molecule has 350 valence electrons. The summed E-state index contributed by atoms with van der Waals surface area (Å²) in [5.41, 5.74) is 11.5. The highest BCUT2D eigenvalue weighted by atomic mass is 19.4. The van der Waals surface area contributed by atoms with Gasteiger partial charge in [0.1, 0.15) is 23.2 Å². The van der Waals surface area contributed by atoms with Crippen LogP contribution in [0.25, 0.3) is 0 Å². The Balaban J connectivity index is 1.35. The van der Waals surface area contributed by atoms with Crippen molar-refractivity contribution in [3.05, 3.63) is 101 Å². The van der Waals surface area contributed by atoms with E-state index in [1.165, 1.54) is 36.2 Å². The maximum atomic E-state index is 14.1. The van der Waals surface area contributed by atoms with Crippen LogP contribution in [-0.2, 0) is 45.9 Å². The van der Waals surface area contributed by atoms with E-state index in [2.05, 4.69) is 10.6 Å². The maximum Gasteiger partial charge on any atom is 0.416 e. The average molecular weight is 906 g/mol. The molecule has 3 saturated heterocycles. The Morgan fingerprint density at radius 3 is 1.31 bits per heavy atom. The zero-order chi connectivity index (χ0) is 47.6. The number of nitrogens with two attached hydrogens (primary N) is 2. The van der Waals surface area contributed by atoms with Crippen LogP contribution in [0.15, 0.2) is 72.8 Å². The number of hydrogen-bond donors (Lipinski definition) is 4. The standard InChI is InChI=1S/C47H58F3N7O8/c1-27(2)37(53-43(62)64-5)39(58)55-25-7-23-45(55,41(51)60)31-13-9-29(10-14-31)35-21-22-36(57(35)34-19-17-33(18-20-34)47(48,49)50)30-11-15-32(16-12-30)46(42(52)61)24-8-26-56(46)40(59)38(28(3)4)54-44(63)65-6/h9-20,27-28,35-38H,7-8,21-26H2,1-6H3,(H2,51,60)(H2,52,61)(H,53,62)(H,54,63)/t35-,36-,37-,38-,45-,46-/m0/s1. The van der Waals surface area contributed by atoms with Crippen LogP contribution < -0.4 is 27.0 Å². The van der Waals surface area contributed by atoms with Gasteiger partial charge in [-0.1, -0.05) is 76.2 Å². The number of rotatable bonds is 13. The van der Waals surface area contributed by atoms with Crippen LogP contribution in [0.5, 0.6) is 0 Å². The molecule has 0 aliphatic carbocycles. The van der Waals surface area contributed by atoms with Gasteiger partial charge in [-0.15, -0.1) is 0 Å². The zero-order valence-corrected chi connectivity index (χ0v) is 37.4. The molecule has 6 atom stereocenters. The Hall–Kier alpha value is -6.33. The van der Waals surface area contributed by atoms with Crippen molar-refractivity contribution in [3.63, 3.8) is 0 Å². The van der Waals surface area contributed by atoms with Crippen molar-refractivity contribution in [1.82, 2.24) is 20.4 Å². The van der Waals surface area contributed by atoms with Crippen molar-refractivity contribution < 1.29 is 51.4 Å². The Labute approximate surface area is 376 Å². The number of ether oxygens (including phenoxy) is 2. The van der Waals surface area contributed by atoms with Gasteiger partial charge in [-0.3, -0.25) is 19.2 Å². The molecule has 3 heterocycles. The molecule has 6 N–H and O–H groups in total. The van der Waals surface area contributed by atoms with Crippen molar-refractivity contribution in [2.45, 2.75) is 108 Å². The molecule has 0 spiro atoms. The van der Waals surface area contributed by atoms with E-state index in [4.69, 9.17) is 20.9 Å². The molecule has 0 saturated carbocycles. The van der Waals surface area contributed by atoms with E-state index in [1.807, 2.05) is 29.2 Å². The SMILES string of the molecule is COC(=O)N[C@H](C(=O)N1CCC[C@@]1(C(N)=O)c1ccc([C@@H]2CC[C@@H](c3ccc([C@]4(C(N)=O)CCCN4C(=O)[C@@H](NC(=O)OC)C(C)C)cc3)N2c2ccc(C(F)(F)F)cc2)cc1)C(C)C. The van der Waals surface area contributed by atoms with Crippen LogP contribution in [0.1, 0.15) is 106 Å². The first-order valence-electron chi connectivity index (χ1n) is 21.8. The lowest BCUT2D eigenvalue weighted by Crippen LogP contribution is -2.59. The van der Waals surface area contributed by atoms with Crippen molar-refractivity contribution in [2.75, 3.05) is 32.2 Å². The van der Waals surface area contributed by atoms with Crippen molar-refractivity contribution in [2.24, 2.45) is 23.3 Å². The summed E-state index contributed by atoms with van der Waals surface area (Å²) in [6.45, 7) is 7.51. The van der Waals surface area contributed by atoms with Gasteiger partial charge in [0.25, 0.3) is 0 Å². The third-order valence-corrected chi connectivity index (χ3v) is 13.3. The lowest BCUT2D eigenvalue weighted by atomic mass is 9.84. The first kappa shape index (κ1) is 48.1. The fourth-order valence-electron chi connectivity index (χ4n) is 9.98. The number of anilines is 1. The monoisotopic (exact) mass is 905 g/mol. The second-order valence-electron chi connectivity index (χ2n) is 17.7. The summed E-state index contributed by atoms with van der Waals surface area (Å²) in [6, 6.07) is 16.6. The minimum Gasteiger partial charge on any atom is -0.453 e. The molecule has 0 aromatic heterocycles. The number of hydrogen-bond acceptors (Lipinski definition) is 9. The predicted octanol–water partition coefficient (Wildman–Crippen LogP) is 6.16. The smallest absolute Gasteiger partial charge is 0.416 e. The Kier molecular flexibility index (Phi) is 14.1. The molecule has 0 bridgehead atoms. The lowest BCUT2D eigenvalue weighted by molar-refractivity contribution is -0.146. The van der Waals surface area contributed by atoms with Gasteiger partial charge in [0.15, 0.2) is 0 Å². The number of halogens is 3. The van der Waals surface area contributed by atoms with Crippen LogP contribution in [0.3, 0.4) is 0 Å². The number of carbonyl (C=O) groups excluding carboxylic acids is 6. The summed E-state index contributed by atoms with van der Waals surface area (Å²) in [5.74, 6) is -3.10. The van der Waals surface area contributed by atoms with E-state index in [0.717, 1.165) is 23.3 Å². The number of amides is 6. The molecule has 3 fully saturated rings. The largest absolute Gasteiger partial charge is 0.453 e. The van der Waals surface area contributed by atoms with Gasteiger partial charge < -0.3 is 46.3 Å². The van der Waals surface area contributed by atoms with Crippen molar-refractivity contribution in [1.29, 1.82) is 0 Å². The molecule has 6 rings (SSSR count). The highest BCUT2D eigenvalue weighted by Gasteiger charge is 2.53. The number of benzene rings is 3. The summed E-state index contributed by atoms with van der Waals surface area (Å²) >= 11 is 0. The van der Waals surface area contributed by atoms with Gasteiger partial charge >= 0.3 is 18.4 Å². The first-order valence-corrected chi connectivity index (χ1v) is 21.8. The van der Waals surface area contributed by atoms with Crippen molar-refractivity contribution >= 4 is 41.5 Å². The second-order valence-corrected chi connectivity index (χ2v) is 17.7. The summed E-state index contributed by atoms with van der Waals surface area (Å²) in [5, 5.41) is 5.17. The van der Waals surface area contributed by atoms with Crippen molar-refractivity contribution in [3.8, 4) is 0 Å². The normalized spacial score (nSPS) is 23.0. The number of alkyl halides is 3. The van der Waals surface area contributed by atoms with Gasteiger partial charge in [0.05, 0.1) is 31.9 Å². The number of nitrogens with one attached hydrogen (secondary N) is 2. The Bertz CT molecular complexity index is 2130. The highest BCUT2D eigenvalue weighted by molar-refractivity contribution is 5.96. The third kappa shape index (κ3) is 9.03. The van der Waals surface area contributed by atoms with E-state index in [-0.39, 0.29) is 49.9 Å². The van der Waals surface area contributed by atoms with Crippen LogP contribution in [-0.4, -0.2) is 85.0 Å². The van der Waals surface area contributed by atoms with Gasteiger partial charge in [-0.2, -0.15) is 13.2 Å². The molecule has 65 heavy (non-hydrogen) atoms. The number of primary amides is 2. The molecular weight excluding hydrogens is 848 g/mol. The molecule has 0 unspecified atom stereocenters. The molecular formula is C47H58F3N7O8. The summed E-state index contributed by atoms with van der Waals surface area (Å²) < 4.78 is 50.8. The summed E-state index contributed by atoms with van der Waals surface area (Å²) in [6.07, 6.45) is -3.53. The number of alkyl carbamates (subject to hydrolysis) is 2. The summed E-state index contributed by atoms with van der Waals surface area (Å²) in [4.78, 5) is 84.4. The van der Waals surface area contributed by atoms with E-state index < -0.39 is 70.7 Å². The quantitative estimate of drug-likeness (QED) is 0.155. The average Bonchev–Trinajstić information content (AvgIpc) is 4.05. The van der Waals surface area contributed by atoms with Gasteiger partial charge in [0.2, 0.25) is 23.6 Å². The molecule has 6 amide bonds.